The lowest BCUT2D eigenvalue weighted by molar-refractivity contribution is 0.499. The second-order valence-corrected chi connectivity index (χ2v) is 5.40. The number of nitrogens with two attached hydrogens (primary N) is 1. The van der Waals surface area contributed by atoms with E-state index in [1.807, 2.05) is 16.8 Å². The lowest BCUT2D eigenvalue weighted by atomic mass is 10.0. The molecule has 1 aromatic carbocycles. The molecule has 0 fully saturated rings. The van der Waals surface area contributed by atoms with Crippen LogP contribution in [0.4, 0.5) is 0 Å². The molecular formula is C13H17Cl2N5. The standard InChI is InChI=1S/C13H17Cl2N5/c1-2-3-20-13(17-8-18-20)7-12(19-16)9-4-10(14)6-11(15)5-9/h4-6,8,12,19H,2-3,7,16H2,1H3. The maximum atomic E-state index is 6.03. The van der Waals surface area contributed by atoms with Gasteiger partial charge in [0, 0.05) is 23.0 Å². The predicted octanol–water partition coefficient (Wildman–Crippen LogP) is 2.74. The lowest BCUT2D eigenvalue weighted by Crippen LogP contribution is -2.30. The molecule has 0 aliphatic rings. The van der Waals surface area contributed by atoms with Crippen molar-refractivity contribution >= 4 is 23.2 Å². The molecule has 7 heteroatoms. The average molecular weight is 314 g/mol. The maximum Gasteiger partial charge on any atom is 0.138 e. The molecule has 0 aliphatic heterocycles. The van der Waals surface area contributed by atoms with Gasteiger partial charge >= 0.3 is 0 Å². The zero-order chi connectivity index (χ0) is 14.5. The summed E-state index contributed by atoms with van der Waals surface area (Å²) in [4.78, 5) is 4.28. The SMILES string of the molecule is CCCn1ncnc1CC(NN)c1cc(Cl)cc(Cl)c1. The molecule has 0 saturated carbocycles. The molecule has 5 nitrogen and oxygen atoms in total. The Morgan fingerprint density at radius 2 is 2.00 bits per heavy atom. The Bertz CT molecular complexity index is 549. The van der Waals surface area contributed by atoms with Gasteiger partial charge in [-0.25, -0.2) is 4.98 Å². The van der Waals surface area contributed by atoms with E-state index in [4.69, 9.17) is 29.0 Å². The number of rotatable bonds is 6. The summed E-state index contributed by atoms with van der Waals surface area (Å²) in [5.74, 6) is 6.53. The summed E-state index contributed by atoms with van der Waals surface area (Å²) in [6, 6.07) is 5.27. The molecule has 1 heterocycles. The second-order valence-electron chi connectivity index (χ2n) is 4.53. The van der Waals surface area contributed by atoms with Gasteiger partial charge in [-0.1, -0.05) is 30.1 Å². The first-order valence-corrected chi connectivity index (χ1v) is 7.18. The van der Waals surface area contributed by atoms with E-state index >= 15 is 0 Å². The van der Waals surface area contributed by atoms with Crippen molar-refractivity contribution in [3.05, 3.63) is 46.0 Å². The monoisotopic (exact) mass is 313 g/mol. The summed E-state index contributed by atoms with van der Waals surface area (Å²) in [5.41, 5.74) is 3.71. The molecule has 1 atom stereocenters. The molecule has 0 bridgehead atoms. The van der Waals surface area contributed by atoms with Gasteiger partial charge in [0.1, 0.15) is 12.2 Å². The fourth-order valence-corrected chi connectivity index (χ4v) is 2.62. The summed E-state index contributed by atoms with van der Waals surface area (Å²) in [5, 5.41) is 5.38. The first kappa shape index (κ1) is 15.3. The fraction of sp³-hybridized carbons (Fsp3) is 0.385. The molecule has 2 aromatic rings. The topological polar surface area (TPSA) is 68.8 Å². The highest BCUT2D eigenvalue weighted by Crippen LogP contribution is 2.25. The van der Waals surface area contributed by atoms with Crippen LogP contribution in [0.2, 0.25) is 10.0 Å². The zero-order valence-corrected chi connectivity index (χ0v) is 12.7. The van der Waals surface area contributed by atoms with Crippen LogP contribution in [-0.2, 0) is 13.0 Å². The Kier molecular flexibility index (Phi) is 5.37. The molecule has 2 rings (SSSR count). The first-order chi connectivity index (χ1) is 9.63. The van der Waals surface area contributed by atoms with Gasteiger partial charge in [-0.3, -0.25) is 16.0 Å². The van der Waals surface area contributed by atoms with E-state index < -0.39 is 0 Å². The third kappa shape index (κ3) is 3.70. The van der Waals surface area contributed by atoms with Gasteiger partial charge in [-0.2, -0.15) is 5.10 Å². The fourth-order valence-electron chi connectivity index (χ4n) is 2.08. The van der Waals surface area contributed by atoms with Crippen molar-refractivity contribution in [2.24, 2.45) is 5.84 Å². The normalized spacial score (nSPS) is 12.6. The molecule has 0 saturated heterocycles. The highest BCUT2D eigenvalue weighted by Gasteiger charge is 2.15. The Morgan fingerprint density at radius 3 is 2.60 bits per heavy atom. The van der Waals surface area contributed by atoms with Crippen molar-refractivity contribution in [1.29, 1.82) is 0 Å². The molecule has 20 heavy (non-hydrogen) atoms. The van der Waals surface area contributed by atoms with E-state index in [-0.39, 0.29) is 6.04 Å². The Morgan fingerprint density at radius 1 is 1.30 bits per heavy atom. The number of nitrogens with one attached hydrogen (secondary N) is 1. The van der Waals surface area contributed by atoms with Crippen LogP contribution in [0.15, 0.2) is 24.5 Å². The number of hydrogen-bond acceptors (Lipinski definition) is 4. The smallest absolute Gasteiger partial charge is 0.138 e. The molecule has 0 radical (unpaired) electrons. The van der Waals surface area contributed by atoms with Gasteiger partial charge in [-0.05, 0) is 30.2 Å². The van der Waals surface area contributed by atoms with Crippen LogP contribution in [0.1, 0.15) is 30.8 Å². The summed E-state index contributed by atoms with van der Waals surface area (Å²) < 4.78 is 1.89. The minimum absolute atomic E-state index is 0.119. The highest BCUT2D eigenvalue weighted by molar-refractivity contribution is 6.34. The minimum atomic E-state index is -0.119. The number of halogens is 2. The van der Waals surface area contributed by atoms with Crippen LogP contribution in [-0.4, -0.2) is 14.8 Å². The average Bonchev–Trinajstić information content (AvgIpc) is 2.82. The van der Waals surface area contributed by atoms with Gasteiger partial charge in [-0.15, -0.1) is 0 Å². The lowest BCUT2D eigenvalue weighted by Gasteiger charge is -2.17. The van der Waals surface area contributed by atoms with Crippen molar-refractivity contribution in [1.82, 2.24) is 20.2 Å². The van der Waals surface area contributed by atoms with E-state index in [0.717, 1.165) is 24.4 Å². The Hall–Kier alpha value is -1.14. The van der Waals surface area contributed by atoms with E-state index in [2.05, 4.69) is 22.4 Å². The molecule has 1 aromatic heterocycles. The van der Waals surface area contributed by atoms with Gasteiger partial charge < -0.3 is 0 Å². The van der Waals surface area contributed by atoms with E-state index in [1.165, 1.54) is 0 Å². The van der Waals surface area contributed by atoms with Gasteiger partial charge in [0.25, 0.3) is 0 Å². The number of hydrazine groups is 1. The van der Waals surface area contributed by atoms with Crippen molar-refractivity contribution in [2.75, 3.05) is 0 Å². The molecule has 0 amide bonds. The predicted molar refractivity (Wildman–Crippen MR) is 80.5 cm³/mol. The summed E-state index contributed by atoms with van der Waals surface area (Å²) in [6.07, 6.45) is 3.18. The second kappa shape index (κ2) is 7.04. The van der Waals surface area contributed by atoms with Crippen molar-refractivity contribution < 1.29 is 0 Å². The van der Waals surface area contributed by atoms with E-state index in [0.29, 0.717) is 16.5 Å². The van der Waals surface area contributed by atoms with Crippen molar-refractivity contribution in [3.63, 3.8) is 0 Å². The van der Waals surface area contributed by atoms with Crippen LogP contribution in [0.25, 0.3) is 0 Å². The number of aromatic nitrogens is 3. The van der Waals surface area contributed by atoms with Gasteiger partial charge in [0.2, 0.25) is 0 Å². The minimum Gasteiger partial charge on any atom is -0.271 e. The van der Waals surface area contributed by atoms with Crippen molar-refractivity contribution in [3.8, 4) is 0 Å². The third-order valence-electron chi connectivity index (χ3n) is 3.01. The largest absolute Gasteiger partial charge is 0.271 e. The quantitative estimate of drug-likeness (QED) is 0.635. The molecule has 108 valence electrons. The van der Waals surface area contributed by atoms with Gasteiger partial charge in [0.05, 0.1) is 6.04 Å². The summed E-state index contributed by atoms with van der Waals surface area (Å²) in [6.45, 7) is 2.93. The maximum absolute atomic E-state index is 6.03. The van der Waals surface area contributed by atoms with Crippen LogP contribution in [0, 0.1) is 0 Å². The number of benzene rings is 1. The summed E-state index contributed by atoms with van der Waals surface area (Å²) >= 11 is 12.1. The van der Waals surface area contributed by atoms with Crippen LogP contribution in [0.3, 0.4) is 0 Å². The van der Waals surface area contributed by atoms with Crippen LogP contribution < -0.4 is 11.3 Å². The third-order valence-corrected chi connectivity index (χ3v) is 3.44. The summed E-state index contributed by atoms with van der Waals surface area (Å²) in [7, 11) is 0. The van der Waals surface area contributed by atoms with E-state index in [1.54, 1.807) is 12.4 Å². The van der Waals surface area contributed by atoms with Crippen LogP contribution >= 0.6 is 23.2 Å². The Labute approximate surface area is 128 Å². The number of nitrogens with zero attached hydrogens (tertiary/aromatic N) is 3. The zero-order valence-electron chi connectivity index (χ0n) is 11.2. The van der Waals surface area contributed by atoms with Gasteiger partial charge in [0.15, 0.2) is 0 Å². The molecule has 0 aliphatic carbocycles. The van der Waals surface area contributed by atoms with E-state index in [9.17, 15) is 0 Å². The molecule has 1 unspecified atom stereocenters. The number of hydrogen-bond donors (Lipinski definition) is 2. The van der Waals surface area contributed by atoms with Crippen molar-refractivity contribution in [2.45, 2.75) is 32.4 Å². The van der Waals surface area contributed by atoms with Crippen LogP contribution in [0.5, 0.6) is 0 Å². The Balaban J connectivity index is 2.22. The molecule has 3 N–H and O–H groups in total. The highest BCUT2D eigenvalue weighted by atomic mass is 35.5. The first-order valence-electron chi connectivity index (χ1n) is 6.42. The number of aryl methyl sites for hydroxylation is 1. The molecule has 0 spiro atoms. The molecular weight excluding hydrogens is 297 g/mol.